The van der Waals surface area contributed by atoms with Crippen LogP contribution in [0.1, 0.15) is 25.0 Å². The fourth-order valence-corrected chi connectivity index (χ4v) is 4.94. The molecule has 4 rings (SSSR count). The summed E-state index contributed by atoms with van der Waals surface area (Å²) in [6, 6.07) is 9.20. The first-order valence-electron chi connectivity index (χ1n) is 9.28. The number of para-hydroxylation sites is 1. The van der Waals surface area contributed by atoms with Crippen LogP contribution in [0.5, 0.6) is 0 Å². The maximum atomic E-state index is 12.9. The molecule has 2 bridgehead atoms. The van der Waals surface area contributed by atoms with E-state index >= 15 is 0 Å². The third-order valence-electron chi connectivity index (χ3n) is 6.31. The van der Waals surface area contributed by atoms with Crippen LogP contribution in [0.4, 0.5) is 5.69 Å². The standard InChI is InChI=1S/C20H23N3O4/c1-11-17(19(25)23(22(11)2)14-6-4-3-5-7-14)21-18(24)15-12-8-9-13(10-12)16(15)20(26)27/h3-7,12-13,15-16H,8-10H2,1-2H3,(H,21,24)(H,26,27)/t12-,13-,15+,16-/m0/s1. The zero-order valence-corrected chi connectivity index (χ0v) is 15.4. The molecule has 0 radical (unpaired) electrons. The molecule has 1 amide bonds. The maximum absolute atomic E-state index is 12.9. The van der Waals surface area contributed by atoms with E-state index in [-0.39, 0.29) is 29.0 Å². The van der Waals surface area contributed by atoms with Crippen LogP contribution >= 0.6 is 0 Å². The highest BCUT2D eigenvalue weighted by Crippen LogP contribution is 2.52. The van der Waals surface area contributed by atoms with Gasteiger partial charge in [-0.25, -0.2) is 4.68 Å². The van der Waals surface area contributed by atoms with Gasteiger partial charge in [-0.15, -0.1) is 0 Å². The lowest BCUT2D eigenvalue weighted by molar-refractivity contribution is -0.148. The summed E-state index contributed by atoms with van der Waals surface area (Å²) in [4.78, 5) is 37.6. The van der Waals surface area contributed by atoms with Crippen LogP contribution in [0.2, 0.25) is 0 Å². The molecule has 0 unspecified atom stereocenters. The Kier molecular flexibility index (Phi) is 4.17. The molecule has 2 N–H and O–H groups in total. The summed E-state index contributed by atoms with van der Waals surface area (Å²) in [7, 11) is 1.76. The predicted octanol–water partition coefficient (Wildman–Crippen LogP) is 2.17. The van der Waals surface area contributed by atoms with Gasteiger partial charge >= 0.3 is 5.97 Å². The van der Waals surface area contributed by atoms with Crippen molar-refractivity contribution in [1.29, 1.82) is 0 Å². The third kappa shape index (κ3) is 2.69. The van der Waals surface area contributed by atoms with Crippen molar-refractivity contribution in [2.45, 2.75) is 26.2 Å². The first-order chi connectivity index (χ1) is 12.9. The maximum Gasteiger partial charge on any atom is 0.307 e. The molecule has 2 aliphatic rings. The minimum atomic E-state index is -0.908. The van der Waals surface area contributed by atoms with Gasteiger partial charge in [-0.3, -0.25) is 19.1 Å². The van der Waals surface area contributed by atoms with Crippen LogP contribution in [0.15, 0.2) is 35.1 Å². The molecule has 7 heteroatoms. The molecule has 2 aliphatic carbocycles. The van der Waals surface area contributed by atoms with Gasteiger partial charge in [0.2, 0.25) is 5.91 Å². The van der Waals surface area contributed by atoms with E-state index in [0.717, 1.165) is 19.3 Å². The number of aliphatic carboxylic acids is 1. The lowest BCUT2D eigenvalue weighted by Gasteiger charge is -2.26. The zero-order chi connectivity index (χ0) is 19.3. The number of carbonyl (C=O) groups excluding carboxylic acids is 1. The van der Waals surface area contributed by atoms with Crippen molar-refractivity contribution in [2.24, 2.45) is 30.7 Å². The Morgan fingerprint density at radius 3 is 2.37 bits per heavy atom. The second-order valence-electron chi connectivity index (χ2n) is 7.65. The molecule has 1 aromatic heterocycles. The van der Waals surface area contributed by atoms with Gasteiger partial charge in [0.25, 0.3) is 5.56 Å². The SMILES string of the molecule is Cc1c(NC(=O)[C@@H]2[C@H]3CC[C@@H](C3)[C@@H]2C(=O)O)c(=O)n(-c2ccccc2)n1C. The summed E-state index contributed by atoms with van der Waals surface area (Å²) >= 11 is 0. The number of amides is 1. The van der Waals surface area contributed by atoms with Crippen molar-refractivity contribution in [1.82, 2.24) is 9.36 Å². The van der Waals surface area contributed by atoms with Gasteiger partial charge in [0, 0.05) is 7.05 Å². The molecule has 0 saturated heterocycles. The Bertz CT molecular complexity index is 960. The van der Waals surface area contributed by atoms with Crippen LogP contribution < -0.4 is 10.9 Å². The summed E-state index contributed by atoms with van der Waals surface area (Å²) in [5.41, 5.74) is 1.24. The first kappa shape index (κ1) is 17.6. The molecule has 2 saturated carbocycles. The number of anilines is 1. The van der Waals surface area contributed by atoms with Crippen LogP contribution in [0.3, 0.4) is 0 Å². The topological polar surface area (TPSA) is 93.3 Å². The van der Waals surface area contributed by atoms with E-state index < -0.39 is 17.8 Å². The van der Waals surface area contributed by atoms with Crippen molar-refractivity contribution in [3.63, 3.8) is 0 Å². The predicted molar refractivity (Wildman–Crippen MR) is 99.8 cm³/mol. The van der Waals surface area contributed by atoms with Gasteiger partial charge in [0.1, 0.15) is 5.69 Å². The van der Waals surface area contributed by atoms with E-state index in [1.165, 1.54) is 4.68 Å². The normalized spacial score (nSPS) is 26.3. The van der Waals surface area contributed by atoms with E-state index in [2.05, 4.69) is 5.32 Å². The second-order valence-corrected chi connectivity index (χ2v) is 7.65. The molecule has 1 aromatic carbocycles. The molecule has 4 atom stereocenters. The largest absolute Gasteiger partial charge is 0.481 e. The quantitative estimate of drug-likeness (QED) is 0.864. The van der Waals surface area contributed by atoms with Gasteiger partial charge < -0.3 is 10.4 Å². The number of nitrogens with one attached hydrogen (secondary N) is 1. The highest BCUT2D eigenvalue weighted by Gasteiger charge is 2.54. The van der Waals surface area contributed by atoms with Gasteiger partial charge in [-0.2, -0.15) is 0 Å². The van der Waals surface area contributed by atoms with Gasteiger partial charge in [0.05, 0.1) is 23.2 Å². The summed E-state index contributed by atoms with van der Waals surface area (Å²) < 4.78 is 3.20. The van der Waals surface area contributed by atoms with E-state index in [1.807, 2.05) is 30.3 Å². The monoisotopic (exact) mass is 369 g/mol. The van der Waals surface area contributed by atoms with Crippen molar-refractivity contribution in [3.05, 3.63) is 46.4 Å². The van der Waals surface area contributed by atoms with Crippen LogP contribution in [-0.4, -0.2) is 26.3 Å². The number of rotatable bonds is 4. The zero-order valence-electron chi connectivity index (χ0n) is 15.4. The molecule has 142 valence electrons. The fourth-order valence-electron chi connectivity index (χ4n) is 4.94. The van der Waals surface area contributed by atoms with Crippen molar-refractivity contribution in [2.75, 3.05) is 5.32 Å². The fraction of sp³-hybridized carbons (Fsp3) is 0.450. The van der Waals surface area contributed by atoms with Gasteiger partial charge in [-0.1, -0.05) is 18.2 Å². The summed E-state index contributed by atoms with van der Waals surface area (Å²) in [6.07, 6.45) is 2.54. The van der Waals surface area contributed by atoms with Crippen molar-refractivity contribution >= 4 is 17.6 Å². The highest BCUT2D eigenvalue weighted by molar-refractivity contribution is 5.96. The number of aromatic nitrogens is 2. The molecule has 27 heavy (non-hydrogen) atoms. The lowest BCUT2D eigenvalue weighted by atomic mass is 9.78. The molecule has 7 nitrogen and oxygen atoms in total. The van der Waals surface area contributed by atoms with Crippen LogP contribution in [0.25, 0.3) is 5.69 Å². The smallest absolute Gasteiger partial charge is 0.307 e. The highest BCUT2D eigenvalue weighted by atomic mass is 16.4. The number of carboxylic acid groups (broad SMARTS) is 1. The summed E-state index contributed by atoms with van der Waals surface area (Å²) in [6.45, 7) is 1.77. The number of fused-ring (bicyclic) bond motifs is 2. The number of nitrogens with zero attached hydrogens (tertiary/aromatic N) is 2. The Morgan fingerprint density at radius 2 is 1.74 bits per heavy atom. The van der Waals surface area contributed by atoms with E-state index in [4.69, 9.17) is 0 Å². The molecule has 2 fully saturated rings. The number of carboxylic acids is 1. The third-order valence-corrected chi connectivity index (χ3v) is 6.31. The van der Waals surface area contributed by atoms with E-state index in [0.29, 0.717) is 11.4 Å². The van der Waals surface area contributed by atoms with Crippen molar-refractivity contribution in [3.8, 4) is 5.69 Å². The van der Waals surface area contributed by atoms with E-state index in [9.17, 15) is 19.5 Å². The molecule has 0 spiro atoms. The molecule has 2 aromatic rings. The second kappa shape index (κ2) is 6.40. The molecular weight excluding hydrogens is 346 g/mol. The summed E-state index contributed by atoms with van der Waals surface area (Å²) in [5, 5.41) is 12.3. The Labute approximate surface area is 156 Å². The van der Waals surface area contributed by atoms with Gasteiger partial charge in [0.15, 0.2) is 0 Å². The molecule has 1 heterocycles. The van der Waals surface area contributed by atoms with Crippen LogP contribution in [-0.2, 0) is 16.6 Å². The lowest BCUT2D eigenvalue weighted by Crippen LogP contribution is -2.38. The van der Waals surface area contributed by atoms with Crippen LogP contribution in [0, 0.1) is 30.6 Å². The van der Waals surface area contributed by atoms with E-state index in [1.54, 1.807) is 18.7 Å². The Hall–Kier alpha value is -2.83. The average Bonchev–Trinajstić information content (AvgIpc) is 3.32. The Morgan fingerprint density at radius 1 is 1.11 bits per heavy atom. The number of hydrogen-bond acceptors (Lipinski definition) is 3. The number of hydrogen-bond donors (Lipinski definition) is 2. The minimum absolute atomic E-state index is 0.0705. The number of benzene rings is 1. The minimum Gasteiger partial charge on any atom is -0.481 e. The summed E-state index contributed by atoms with van der Waals surface area (Å²) in [5.74, 6) is -2.30. The van der Waals surface area contributed by atoms with Crippen molar-refractivity contribution < 1.29 is 14.7 Å². The molecule has 0 aliphatic heterocycles. The van der Waals surface area contributed by atoms with Gasteiger partial charge in [-0.05, 0) is 50.2 Å². The first-order valence-corrected chi connectivity index (χ1v) is 9.28. The Balaban J connectivity index is 1.67. The number of carbonyl (C=O) groups is 2. The average molecular weight is 369 g/mol. The molecular formula is C20H23N3O4.